The zero-order valence-electron chi connectivity index (χ0n) is 19.6. The molecule has 3 aromatic rings. The average molecular weight is 532 g/mol. The van der Waals surface area contributed by atoms with Crippen molar-refractivity contribution in [2.75, 3.05) is 22.7 Å². The number of benzene rings is 2. The van der Waals surface area contributed by atoms with Crippen LogP contribution in [-0.2, 0) is 14.8 Å². The number of carbonyl (C=O) groups is 1. The number of sulfonamides is 1. The number of hydrogen-bond acceptors (Lipinski definition) is 7. The van der Waals surface area contributed by atoms with Crippen molar-refractivity contribution in [3.05, 3.63) is 71.8 Å². The Morgan fingerprint density at radius 3 is 2.64 bits per heavy atom. The first kappa shape index (κ1) is 24.4. The van der Waals surface area contributed by atoms with E-state index in [2.05, 4.69) is 24.3 Å². The van der Waals surface area contributed by atoms with Gasteiger partial charge >= 0.3 is 0 Å². The quantitative estimate of drug-likeness (QED) is 0.465. The van der Waals surface area contributed by atoms with Crippen LogP contribution in [0.1, 0.15) is 39.7 Å². The number of nitrogens with zero attached hydrogens (tertiary/aromatic N) is 3. The van der Waals surface area contributed by atoms with Crippen LogP contribution in [0.3, 0.4) is 0 Å². The Balaban J connectivity index is 0.00000200. The van der Waals surface area contributed by atoms with Crippen LogP contribution in [-0.4, -0.2) is 42.8 Å². The van der Waals surface area contributed by atoms with Crippen molar-refractivity contribution in [1.82, 2.24) is 14.7 Å². The standard InChI is InChI=1S/C25H26FN5O3S2.2H2/c1-16(20-9-10-22-21(20)3-2-4-23(22)26)24(32)29-17-11-13-31(14-12-17)18-5-7-19(8-6-18)36(33,34)30-25-27-15-28-35-25;;/h2-10,15-17,20H,11-14H2,1H3,(H,29,32)(H,27,28,30);2*1H/t16-,20?;;/m0../s1. The molecule has 1 aromatic heterocycles. The molecule has 11 heteroatoms. The third-order valence-electron chi connectivity index (χ3n) is 6.80. The lowest BCUT2D eigenvalue weighted by atomic mass is 9.88. The molecule has 192 valence electrons. The summed E-state index contributed by atoms with van der Waals surface area (Å²) in [5.41, 5.74) is 2.36. The number of rotatable bonds is 7. The van der Waals surface area contributed by atoms with Gasteiger partial charge in [0.2, 0.25) is 11.0 Å². The van der Waals surface area contributed by atoms with Crippen molar-refractivity contribution in [2.24, 2.45) is 5.92 Å². The van der Waals surface area contributed by atoms with Crippen molar-refractivity contribution in [2.45, 2.75) is 36.6 Å². The molecule has 0 spiro atoms. The molecule has 0 radical (unpaired) electrons. The Kier molecular flexibility index (Phi) is 6.76. The maximum Gasteiger partial charge on any atom is 0.263 e. The number of anilines is 2. The van der Waals surface area contributed by atoms with Crippen LogP contribution in [0.4, 0.5) is 15.2 Å². The molecule has 2 atom stereocenters. The molecule has 1 amide bonds. The van der Waals surface area contributed by atoms with Crippen molar-refractivity contribution < 1.29 is 20.5 Å². The number of hydrogen-bond donors (Lipinski definition) is 2. The first-order valence-corrected chi connectivity index (χ1v) is 14.0. The Labute approximate surface area is 216 Å². The van der Waals surface area contributed by atoms with Gasteiger partial charge in [-0.1, -0.05) is 31.2 Å². The van der Waals surface area contributed by atoms with E-state index in [1.807, 2.05) is 19.1 Å². The molecule has 1 saturated heterocycles. The van der Waals surface area contributed by atoms with Gasteiger partial charge < -0.3 is 10.2 Å². The van der Waals surface area contributed by atoms with Crippen LogP contribution in [0, 0.1) is 11.7 Å². The van der Waals surface area contributed by atoms with Gasteiger partial charge in [-0.05, 0) is 48.7 Å². The number of nitrogens with one attached hydrogen (secondary N) is 2. The molecule has 1 fully saturated rings. The third-order valence-corrected chi connectivity index (χ3v) is 8.87. The van der Waals surface area contributed by atoms with E-state index in [0.717, 1.165) is 48.7 Å². The highest BCUT2D eigenvalue weighted by molar-refractivity contribution is 7.93. The lowest BCUT2D eigenvalue weighted by molar-refractivity contribution is -0.125. The molecule has 2 aromatic carbocycles. The van der Waals surface area contributed by atoms with Gasteiger partial charge in [-0.15, -0.1) is 0 Å². The minimum atomic E-state index is -3.72. The van der Waals surface area contributed by atoms with Gasteiger partial charge in [-0.3, -0.25) is 9.52 Å². The highest BCUT2D eigenvalue weighted by Gasteiger charge is 2.31. The molecule has 8 nitrogen and oxygen atoms in total. The van der Waals surface area contributed by atoms with Gasteiger partial charge in [0, 0.05) is 56.6 Å². The molecule has 2 N–H and O–H groups in total. The minimum Gasteiger partial charge on any atom is -0.371 e. The molecule has 2 heterocycles. The van der Waals surface area contributed by atoms with Gasteiger partial charge in [-0.25, -0.2) is 17.8 Å². The largest absolute Gasteiger partial charge is 0.371 e. The van der Waals surface area contributed by atoms with E-state index in [1.54, 1.807) is 36.4 Å². The Morgan fingerprint density at radius 1 is 1.19 bits per heavy atom. The van der Waals surface area contributed by atoms with Crippen LogP contribution in [0.5, 0.6) is 0 Å². The Bertz CT molecular complexity index is 1380. The molecule has 0 saturated carbocycles. The summed E-state index contributed by atoms with van der Waals surface area (Å²) >= 11 is 0.973. The van der Waals surface area contributed by atoms with E-state index < -0.39 is 10.0 Å². The van der Waals surface area contributed by atoms with E-state index in [0.29, 0.717) is 5.56 Å². The van der Waals surface area contributed by atoms with E-state index in [4.69, 9.17) is 0 Å². The SMILES string of the molecule is C[C@H](C(=O)NC1CCN(c2ccc(S(=O)(=O)Nc3ncns3)cc2)CC1)C1C=Cc2c(F)cccc21.[HH].[HH]. The van der Waals surface area contributed by atoms with Crippen LogP contribution in [0.15, 0.2) is 59.8 Å². The van der Waals surface area contributed by atoms with Crippen LogP contribution >= 0.6 is 11.5 Å². The fourth-order valence-electron chi connectivity index (χ4n) is 4.77. The topological polar surface area (TPSA) is 104 Å². The predicted octanol–water partition coefficient (Wildman–Crippen LogP) is 4.50. The maximum atomic E-state index is 14.0. The molecule has 0 bridgehead atoms. The summed E-state index contributed by atoms with van der Waals surface area (Å²) in [6.45, 7) is 3.37. The normalized spacial score (nSPS) is 18.6. The highest BCUT2D eigenvalue weighted by Crippen LogP contribution is 2.37. The molecule has 1 aliphatic carbocycles. The maximum absolute atomic E-state index is 14.0. The fourth-order valence-corrected chi connectivity index (χ4v) is 6.43. The minimum absolute atomic E-state index is 0. The second-order valence-corrected chi connectivity index (χ2v) is 11.5. The van der Waals surface area contributed by atoms with Gasteiger partial charge in [0.25, 0.3) is 10.0 Å². The molecular formula is C25H30FN5O3S2. The average Bonchev–Trinajstić information content (AvgIpc) is 3.54. The zero-order chi connectivity index (χ0) is 25.3. The number of aromatic nitrogens is 2. The summed E-state index contributed by atoms with van der Waals surface area (Å²) in [6, 6.07) is 11.8. The summed E-state index contributed by atoms with van der Waals surface area (Å²) in [7, 11) is -3.72. The van der Waals surface area contributed by atoms with Crippen molar-refractivity contribution >= 4 is 44.4 Å². The second-order valence-electron chi connectivity index (χ2n) is 9.03. The smallest absolute Gasteiger partial charge is 0.263 e. The van der Waals surface area contributed by atoms with E-state index in [1.165, 1.54) is 12.4 Å². The van der Waals surface area contributed by atoms with Gasteiger partial charge in [0.1, 0.15) is 12.1 Å². The summed E-state index contributed by atoms with van der Waals surface area (Å²) in [5.74, 6) is -0.722. The van der Waals surface area contributed by atoms with Gasteiger partial charge in [-0.2, -0.15) is 4.37 Å². The Morgan fingerprint density at radius 2 is 1.94 bits per heavy atom. The van der Waals surface area contributed by atoms with Crippen LogP contribution in [0.25, 0.3) is 6.08 Å². The van der Waals surface area contributed by atoms with E-state index in [9.17, 15) is 17.6 Å². The molecule has 1 unspecified atom stereocenters. The summed E-state index contributed by atoms with van der Waals surface area (Å²) in [4.78, 5) is 19.2. The molecule has 5 rings (SSSR count). The monoisotopic (exact) mass is 531 g/mol. The molecule has 1 aliphatic heterocycles. The number of fused-ring (bicyclic) bond motifs is 1. The lowest BCUT2D eigenvalue weighted by Crippen LogP contribution is -2.46. The van der Waals surface area contributed by atoms with Crippen molar-refractivity contribution in [1.29, 1.82) is 0 Å². The highest BCUT2D eigenvalue weighted by atomic mass is 32.2. The first-order valence-electron chi connectivity index (χ1n) is 11.7. The number of halogens is 1. The Hall–Kier alpha value is -3.31. The summed E-state index contributed by atoms with van der Waals surface area (Å²) < 4.78 is 45.3. The van der Waals surface area contributed by atoms with E-state index >= 15 is 0 Å². The van der Waals surface area contributed by atoms with E-state index in [-0.39, 0.29) is 42.5 Å². The molecular weight excluding hydrogens is 501 g/mol. The second kappa shape index (κ2) is 9.98. The number of piperidine rings is 1. The fraction of sp³-hybridized carbons (Fsp3) is 0.320. The van der Waals surface area contributed by atoms with Crippen LogP contribution < -0.4 is 14.9 Å². The summed E-state index contributed by atoms with van der Waals surface area (Å²) in [5, 5.41) is 3.39. The lowest BCUT2D eigenvalue weighted by Gasteiger charge is -2.34. The third kappa shape index (κ3) is 4.98. The van der Waals surface area contributed by atoms with Gasteiger partial charge in [0.05, 0.1) is 4.90 Å². The summed E-state index contributed by atoms with van der Waals surface area (Å²) in [6.07, 6.45) is 6.53. The number of carbonyl (C=O) groups excluding carboxylic acids is 1. The molecule has 36 heavy (non-hydrogen) atoms. The van der Waals surface area contributed by atoms with Crippen molar-refractivity contribution in [3.63, 3.8) is 0 Å². The van der Waals surface area contributed by atoms with Gasteiger partial charge in [0.15, 0.2) is 0 Å². The first-order chi connectivity index (χ1) is 17.3. The van der Waals surface area contributed by atoms with Crippen molar-refractivity contribution in [3.8, 4) is 0 Å². The number of amides is 1. The zero-order valence-corrected chi connectivity index (χ0v) is 21.2. The number of allylic oxidation sites excluding steroid dienone is 1. The molecule has 2 aliphatic rings. The van der Waals surface area contributed by atoms with Crippen LogP contribution in [0.2, 0.25) is 0 Å². The predicted molar refractivity (Wildman–Crippen MR) is 142 cm³/mol.